The van der Waals surface area contributed by atoms with Crippen LogP contribution in [-0.2, 0) is 19.9 Å². The van der Waals surface area contributed by atoms with E-state index < -0.39 is 19.9 Å². The van der Waals surface area contributed by atoms with Crippen molar-refractivity contribution >= 4 is 42.5 Å². The molecule has 4 aromatic rings. The Morgan fingerprint density at radius 2 is 1.61 bits per heavy atom. The highest BCUT2D eigenvalue weighted by Crippen LogP contribution is 2.30. The van der Waals surface area contributed by atoms with Crippen LogP contribution in [0.5, 0.6) is 0 Å². The molecule has 9 heteroatoms. The zero-order valence-corrected chi connectivity index (χ0v) is 18.2. The maximum atomic E-state index is 13.0. The molecule has 0 radical (unpaired) electrons. The molecule has 0 saturated heterocycles. The van der Waals surface area contributed by atoms with Crippen LogP contribution in [0.4, 0.5) is 5.69 Å². The van der Waals surface area contributed by atoms with Gasteiger partial charge in [0.1, 0.15) is 4.90 Å². The van der Waals surface area contributed by atoms with Crippen LogP contribution in [0, 0.1) is 0 Å². The smallest absolute Gasteiger partial charge is 0.263 e. The third-order valence-corrected chi connectivity index (χ3v) is 7.50. The second-order valence-electron chi connectivity index (χ2n) is 6.98. The summed E-state index contributed by atoms with van der Waals surface area (Å²) in [5, 5.41) is 8.02. The highest BCUT2D eigenvalue weighted by atomic mass is 32.2. The normalized spacial score (nSPS) is 12.0. The van der Waals surface area contributed by atoms with Crippen LogP contribution in [0.15, 0.2) is 83.1 Å². The van der Waals surface area contributed by atoms with Gasteiger partial charge in [0.25, 0.3) is 10.0 Å². The fourth-order valence-corrected chi connectivity index (χ4v) is 5.94. The van der Waals surface area contributed by atoms with E-state index in [2.05, 4.69) is 21.5 Å². The SMILES string of the molecule is C=Cc1ccc(-c2n[nH]c3ccc(NS(=O)(=O)c4ccccc4S(C)(=O)=O)cc23)cc1. The molecule has 0 aliphatic heterocycles. The van der Waals surface area contributed by atoms with Crippen molar-refractivity contribution in [2.75, 3.05) is 11.0 Å². The van der Waals surface area contributed by atoms with Gasteiger partial charge < -0.3 is 0 Å². The number of nitrogens with one attached hydrogen (secondary N) is 2. The number of H-pyrrole nitrogens is 1. The summed E-state index contributed by atoms with van der Waals surface area (Å²) in [5.41, 5.74) is 3.53. The van der Waals surface area contributed by atoms with Gasteiger partial charge in [-0.15, -0.1) is 0 Å². The third kappa shape index (κ3) is 4.10. The average molecular weight is 454 g/mol. The average Bonchev–Trinajstić information content (AvgIpc) is 3.16. The Balaban J connectivity index is 1.75. The lowest BCUT2D eigenvalue weighted by Crippen LogP contribution is -2.16. The van der Waals surface area contributed by atoms with Crippen molar-refractivity contribution in [3.8, 4) is 11.3 Å². The van der Waals surface area contributed by atoms with Gasteiger partial charge in [-0.25, -0.2) is 16.8 Å². The van der Waals surface area contributed by atoms with Gasteiger partial charge in [0, 0.05) is 22.9 Å². The number of hydrogen-bond donors (Lipinski definition) is 2. The first-order valence-electron chi connectivity index (χ1n) is 9.22. The maximum absolute atomic E-state index is 13.0. The molecule has 0 bridgehead atoms. The van der Waals surface area contributed by atoms with Crippen molar-refractivity contribution in [2.45, 2.75) is 9.79 Å². The molecule has 0 saturated carbocycles. The number of sulfone groups is 1. The second-order valence-corrected chi connectivity index (χ2v) is 10.6. The Morgan fingerprint density at radius 1 is 0.935 bits per heavy atom. The fraction of sp³-hybridized carbons (Fsp3) is 0.0455. The Morgan fingerprint density at radius 3 is 2.26 bits per heavy atom. The minimum Gasteiger partial charge on any atom is -0.280 e. The minimum absolute atomic E-state index is 0.255. The molecule has 0 amide bonds. The van der Waals surface area contributed by atoms with E-state index in [1.54, 1.807) is 24.3 Å². The van der Waals surface area contributed by atoms with E-state index in [0.29, 0.717) is 11.4 Å². The van der Waals surface area contributed by atoms with Crippen LogP contribution in [0.25, 0.3) is 28.2 Å². The molecule has 3 aromatic carbocycles. The number of sulfonamides is 1. The molecule has 0 fully saturated rings. The van der Waals surface area contributed by atoms with Crippen molar-refractivity contribution in [1.29, 1.82) is 0 Å². The fourth-order valence-electron chi connectivity index (χ4n) is 3.26. The first-order valence-corrected chi connectivity index (χ1v) is 12.6. The lowest BCUT2D eigenvalue weighted by Gasteiger charge is -2.11. The first kappa shape index (κ1) is 20.8. The van der Waals surface area contributed by atoms with E-state index in [1.807, 2.05) is 24.3 Å². The van der Waals surface area contributed by atoms with Crippen molar-refractivity contribution in [2.24, 2.45) is 0 Å². The van der Waals surface area contributed by atoms with Crippen LogP contribution >= 0.6 is 0 Å². The van der Waals surface area contributed by atoms with Gasteiger partial charge in [-0.3, -0.25) is 9.82 Å². The summed E-state index contributed by atoms with van der Waals surface area (Å²) in [6.07, 6.45) is 2.72. The van der Waals surface area contributed by atoms with Crippen molar-refractivity contribution < 1.29 is 16.8 Å². The molecule has 1 aromatic heterocycles. The van der Waals surface area contributed by atoms with Crippen molar-refractivity contribution in [3.63, 3.8) is 0 Å². The van der Waals surface area contributed by atoms with E-state index in [0.717, 1.165) is 28.3 Å². The largest absolute Gasteiger partial charge is 0.280 e. The summed E-state index contributed by atoms with van der Waals surface area (Å²) in [4.78, 5) is -0.556. The van der Waals surface area contributed by atoms with E-state index in [9.17, 15) is 16.8 Å². The Hall–Kier alpha value is -3.43. The molecule has 158 valence electrons. The molecular weight excluding hydrogens is 434 g/mol. The van der Waals surface area contributed by atoms with Gasteiger partial charge >= 0.3 is 0 Å². The van der Waals surface area contributed by atoms with Crippen LogP contribution < -0.4 is 4.72 Å². The van der Waals surface area contributed by atoms with E-state index >= 15 is 0 Å². The molecule has 0 unspecified atom stereocenters. The van der Waals surface area contributed by atoms with Crippen molar-refractivity contribution in [3.05, 3.63) is 78.9 Å². The number of rotatable bonds is 6. The summed E-state index contributed by atoms with van der Waals surface area (Å²) < 4.78 is 52.5. The predicted octanol–water partition coefficient (Wildman–Crippen LogP) is 4.08. The Labute approximate surface area is 180 Å². The molecule has 0 spiro atoms. The van der Waals surface area contributed by atoms with Crippen molar-refractivity contribution in [1.82, 2.24) is 10.2 Å². The molecule has 0 atom stereocenters. The zero-order chi connectivity index (χ0) is 22.2. The van der Waals surface area contributed by atoms with Crippen LogP contribution in [0.3, 0.4) is 0 Å². The summed E-state index contributed by atoms with van der Waals surface area (Å²) in [7, 11) is -7.86. The van der Waals surface area contributed by atoms with E-state index in [-0.39, 0.29) is 9.79 Å². The van der Waals surface area contributed by atoms with Crippen LogP contribution in [-0.4, -0.2) is 33.3 Å². The molecule has 7 nitrogen and oxygen atoms in total. The van der Waals surface area contributed by atoms with Gasteiger partial charge in [0.2, 0.25) is 0 Å². The number of nitrogens with zero attached hydrogens (tertiary/aromatic N) is 1. The molecule has 0 aliphatic rings. The molecule has 0 aliphatic carbocycles. The number of fused-ring (bicyclic) bond motifs is 1. The molecule has 2 N–H and O–H groups in total. The van der Waals surface area contributed by atoms with Gasteiger partial charge in [-0.05, 0) is 35.9 Å². The lowest BCUT2D eigenvalue weighted by atomic mass is 10.1. The van der Waals surface area contributed by atoms with Crippen LogP contribution in [0.2, 0.25) is 0 Å². The van der Waals surface area contributed by atoms with Gasteiger partial charge in [0.15, 0.2) is 9.84 Å². The molecular formula is C22H19N3O4S2. The van der Waals surface area contributed by atoms with Gasteiger partial charge in [-0.2, -0.15) is 5.10 Å². The summed E-state index contributed by atoms with van der Waals surface area (Å²) >= 11 is 0. The third-order valence-electron chi connectivity index (χ3n) is 4.77. The van der Waals surface area contributed by atoms with Crippen LogP contribution in [0.1, 0.15) is 5.56 Å². The summed E-state index contributed by atoms with van der Waals surface area (Å²) in [5.74, 6) is 0. The van der Waals surface area contributed by atoms with E-state index in [1.165, 1.54) is 24.3 Å². The Bertz CT molecular complexity index is 1500. The zero-order valence-electron chi connectivity index (χ0n) is 16.5. The molecule has 31 heavy (non-hydrogen) atoms. The quantitative estimate of drug-likeness (QED) is 0.457. The standard InChI is InChI=1S/C22H19N3O4S2/c1-3-15-8-10-16(11-9-15)22-18-14-17(12-13-19(18)23-24-22)25-31(28,29)21-7-5-4-6-20(21)30(2,26)27/h3-14,25H,1H2,2H3,(H,23,24). The topological polar surface area (TPSA) is 109 Å². The number of aromatic amines is 1. The summed E-state index contributed by atoms with van der Waals surface area (Å²) in [6, 6.07) is 18.1. The minimum atomic E-state index is -4.14. The Kier molecular flexibility index (Phi) is 5.16. The lowest BCUT2D eigenvalue weighted by molar-refractivity contribution is 0.588. The molecule has 1 heterocycles. The second kappa shape index (κ2) is 7.68. The number of anilines is 1. The van der Waals surface area contributed by atoms with Gasteiger partial charge in [0.05, 0.1) is 16.1 Å². The number of benzene rings is 3. The monoisotopic (exact) mass is 453 g/mol. The number of aromatic nitrogens is 2. The molecule has 4 rings (SSSR count). The maximum Gasteiger partial charge on any atom is 0.263 e. The highest BCUT2D eigenvalue weighted by Gasteiger charge is 2.24. The number of hydrogen-bond acceptors (Lipinski definition) is 5. The highest BCUT2D eigenvalue weighted by molar-refractivity contribution is 7.95. The predicted molar refractivity (Wildman–Crippen MR) is 122 cm³/mol. The summed E-state index contributed by atoms with van der Waals surface area (Å²) in [6.45, 7) is 3.74. The van der Waals surface area contributed by atoms with Gasteiger partial charge in [-0.1, -0.05) is 49.1 Å². The first-order chi connectivity index (χ1) is 14.7. The van der Waals surface area contributed by atoms with E-state index in [4.69, 9.17) is 0 Å².